The highest BCUT2D eigenvalue weighted by molar-refractivity contribution is 6.48. The molecule has 0 fully saturated rings. The molecule has 0 spiro atoms. The average molecular weight is 222 g/mol. The first-order valence-electron chi connectivity index (χ1n) is 3.04. The van der Waals surface area contributed by atoms with E-state index in [9.17, 15) is 0 Å². The molecule has 2 aromatic heterocycles. The highest BCUT2D eigenvalue weighted by Crippen LogP contribution is 2.30. The Balaban J connectivity index is 2.94. The Bertz CT molecular complexity index is 437. The SMILES string of the molecule is Clc1nn2ccnc2c(Cl)c1Cl. The van der Waals surface area contributed by atoms with Crippen LogP contribution in [0.25, 0.3) is 5.65 Å². The van der Waals surface area contributed by atoms with Gasteiger partial charge in [-0.1, -0.05) is 34.8 Å². The molecule has 2 rings (SSSR count). The predicted molar refractivity (Wildman–Crippen MR) is 48.0 cm³/mol. The van der Waals surface area contributed by atoms with Crippen LogP contribution >= 0.6 is 34.8 Å². The number of imidazole rings is 1. The zero-order valence-electron chi connectivity index (χ0n) is 5.63. The third-order valence-corrected chi connectivity index (χ3v) is 2.57. The molecule has 0 unspecified atom stereocenters. The van der Waals surface area contributed by atoms with Crippen molar-refractivity contribution in [3.05, 3.63) is 27.6 Å². The van der Waals surface area contributed by atoms with Gasteiger partial charge in [0.2, 0.25) is 0 Å². The summed E-state index contributed by atoms with van der Waals surface area (Å²) in [6.07, 6.45) is 3.21. The zero-order chi connectivity index (χ0) is 8.72. The summed E-state index contributed by atoms with van der Waals surface area (Å²) >= 11 is 17.2. The molecule has 0 amide bonds. The minimum atomic E-state index is 0.173. The van der Waals surface area contributed by atoms with Gasteiger partial charge < -0.3 is 0 Å². The first-order chi connectivity index (χ1) is 5.70. The second kappa shape index (κ2) is 2.76. The van der Waals surface area contributed by atoms with Crippen molar-refractivity contribution in [2.45, 2.75) is 0 Å². The van der Waals surface area contributed by atoms with Crippen LogP contribution in [0.15, 0.2) is 12.4 Å². The molecule has 0 aliphatic carbocycles. The van der Waals surface area contributed by atoms with Gasteiger partial charge in [0.1, 0.15) is 10.0 Å². The molecule has 2 aromatic rings. The van der Waals surface area contributed by atoms with Gasteiger partial charge in [-0.2, -0.15) is 5.10 Å². The maximum Gasteiger partial charge on any atom is 0.173 e. The van der Waals surface area contributed by atoms with Gasteiger partial charge in [-0.15, -0.1) is 0 Å². The topological polar surface area (TPSA) is 30.2 Å². The van der Waals surface area contributed by atoms with Crippen LogP contribution in [-0.2, 0) is 0 Å². The van der Waals surface area contributed by atoms with Gasteiger partial charge >= 0.3 is 0 Å². The molecule has 0 radical (unpaired) electrons. The molecule has 62 valence electrons. The van der Waals surface area contributed by atoms with Crippen LogP contribution in [0.1, 0.15) is 0 Å². The quantitative estimate of drug-likeness (QED) is 0.686. The maximum atomic E-state index is 5.83. The van der Waals surface area contributed by atoms with Crippen molar-refractivity contribution in [1.82, 2.24) is 14.6 Å². The molecular formula is C6H2Cl3N3. The zero-order valence-corrected chi connectivity index (χ0v) is 7.90. The van der Waals surface area contributed by atoms with Crippen molar-refractivity contribution < 1.29 is 0 Å². The number of hydrogen-bond donors (Lipinski definition) is 0. The Hall–Kier alpha value is -0.510. The molecule has 0 bridgehead atoms. The fraction of sp³-hybridized carbons (Fsp3) is 0. The molecular weight excluding hydrogens is 220 g/mol. The lowest BCUT2D eigenvalue weighted by Crippen LogP contribution is -1.92. The number of aromatic nitrogens is 3. The standard InChI is InChI=1S/C6H2Cl3N3/c7-3-4(8)6-10-1-2-12(6)11-5(3)9/h1-2H. The van der Waals surface area contributed by atoms with E-state index < -0.39 is 0 Å². The van der Waals surface area contributed by atoms with Crippen LogP contribution < -0.4 is 0 Å². The van der Waals surface area contributed by atoms with Gasteiger partial charge in [-0.25, -0.2) is 9.50 Å². The van der Waals surface area contributed by atoms with Gasteiger partial charge in [-0.05, 0) is 0 Å². The van der Waals surface area contributed by atoms with Crippen molar-refractivity contribution >= 4 is 40.4 Å². The van der Waals surface area contributed by atoms with Crippen molar-refractivity contribution in [3.8, 4) is 0 Å². The van der Waals surface area contributed by atoms with Crippen LogP contribution in [0, 0.1) is 0 Å². The monoisotopic (exact) mass is 221 g/mol. The van der Waals surface area contributed by atoms with Crippen LogP contribution in [0.3, 0.4) is 0 Å². The largest absolute Gasteiger partial charge is 0.234 e. The van der Waals surface area contributed by atoms with Crippen molar-refractivity contribution in [2.24, 2.45) is 0 Å². The van der Waals surface area contributed by atoms with Crippen molar-refractivity contribution in [3.63, 3.8) is 0 Å². The summed E-state index contributed by atoms with van der Waals surface area (Å²) in [6.45, 7) is 0. The lowest BCUT2D eigenvalue weighted by Gasteiger charge is -1.99. The summed E-state index contributed by atoms with van der Waals surface area (Å²) in [5.41, 5.74) is 0.506. The van der Waals surface area contributed by atoms with Crippen LogP contribution in [0.2, 0.25) is 15.2 Å². The number of fused-ring (bicyclic) bond motifs is 1. The first kappa shape index (κ1) is 8.10. The molecule has 0 saturated carbocycles. The summed E-state index contributed by atoms with van der Waals surface area (Å²) < 4.78 is 1.47. The van der Waals surface area contributed by atoms with E-state index in [0.29, 0.717) is 10.7 Å². The third-order valence-electron chi connectivity index (χ3n) is 1.39. The van der Waals surface area contributed by atoms with E-state index in [4.69, 9.17) is 34.8 Å². The van der Waals surface area contributed by atoms with Gasteiger partial charge in [-0.3, -0.25) is 0 Å². The molecule has 2 heterocycles. The fourth-order valence-corrected chi connectivity index (χ4v) is 1.43. The normalized spacial score (nSPS) is 10.9. The van der Waals surface area contributed by atoms with E-state index in [1.54, 1.807) is 12.4 Å². The Labute approximate surface area is 82.9 Å². The van der Waals surface area contributed by atoms with Crippen LogP contribution in [0.4, 0.5) is 0 Å². The fourth-order valence-electron chi connectivity index (χ4n) is 0.862. The lowest BCUT2D eigenvalue weighted by molar-refractivity contribution is 0.937. The van der Waals surface area contributed by atoms with Gasteiger partial charge in [0.25, 0.3) is 0 Å². The second-order valence-corrected chi connectivity index (χ2v) is 3.23. The summed E-state index contributed by atoms with van der Waals surface area (Å²) in [5, 5.41) is 4.63. The number of halogens is 3. The third kappa shape index (κ3) is 1.05. The molecule has 3 nitrogen and oxygen atoms in total. The molecule has 0 saturated heterocycles. The molecule has 12 heavy (non-hydrogen) atoms. The first-order valence-corrected chi connectivity index (χ1v) is 4.17. The molecule has 0 aromatic carbocycles. The average Bonchev–Trinajstić information content (AvgIpc) is 2.48. The minimum absolute atomic E-state index is 0.173. The van der Waals surface area contributed by atoms with Crippen LogP contribution in [0.5, 0.6) is 0 Å². The van der Waals surface area contributed by atoms with E-state index in [1.165, 1.54) is 4.52 Å². The number of rotatable bonds is 0. The van der Waals surface area contributed by atoms with E-state index in [0.717, 1.165) is 0 Å². The van der Waals surface area contributed by atoms with Gasteiger partial charge in [0, 0.05) is 12.4 Å². The van der Waals surface area contributed by atoms with E-state index in [-0.39, 0.29) is 10.2 Å². The van der Waals surface area contributed by atoms with Gasteiger partial charge in [0.05, 0.1) is 0 Å². The van der Waals surface area contributed by atoms with E-state index in [2.05, 4.69) is 10.1 Å². The molecule has 0 aliphatic heterocycles. The Kier molecular flexibility index (Phi) is 1.87. The Morgan fingerprint density at radius 3 is 2.67 bits per heavy atom. The number of hydrogen-bond acceptors (Lipinski definition) is 2. The lowest BCUT2D eigenvalue weighted by atomic mass is 10.5. The van der Waals surface area contributed by atoms with Gasteiger partial charge in [0.15, 0.2) is 10.8 Å². The predicted octanol–water partition coefficient (Wildman–Crippen LogP) is 2.69. The highest BCUT2D eigenvalue weighted by atomic mass is 35.5. The smallest absolute Gasteiger partial charge is 0.173 e. The molecule has 0 atom stereocenters. The van der Waals surface area contributed by atoms with E-state index >= 15 is 0 Å². The van der Waals surface area contributed by atoms with Crippen molar-refractivity contribution in [1.29, 1.82) is 0 Å². The Morgan fingerprint density at radius 2 is 1.92 bits per heavy atom. The summed E-state index contributed by atoms with van der Waals surface area (Å²) in [6, 6.07) is 0. The second-order valence-electron chi connectivity index (χ2n) is 2.11. The Morgan fingerprint density at radius 1 is 1.17 bits per heavy atom. The van der Waals surface area contributed by atoms with Crippen molar-refractivity contribution in [2.75, 3.05) is 0 Å². The maximum absolute atomic E-state index is 5.83. The highest BCUT2D eigenvalue weighted by Gasteiger charge is 2.10. The summed E-state index contributed by atoms with van der Waals surface area (Å²) in [4.78, 5) is 3.95. The summed E-state index contributed by atoms with van der Waals surface area (Å²) in [5.74, 6) is 0. The van der Waals surface area contributed by atoms with Crippen LogP contribution in [-0.4, -0.2) is 14.6 Å². The minimum Gasteiger partial charge on any atom is -0.234 e. The molecule has 6 heteroatoms. The molecule has 0 N–H and O–H groups in total. The summed E-state index contributed by atoms with van der Waals surface area (Å²) in [7, 11) is 0. The molecule has 0 aliphatic rings. The number of nitrogens with zero attached hydrogens (tertiary/aromatic N) is 3. The van der Waals surface area contributed by atoms with E-state index in [1.807, 2.05) is 0 Å².